The van der Waals surface area contributed by atoms with Crippen LogP contribution in [0.15, 0.2) is 17.0 Å². The van der Waals surface area contributed by atoms with Crippen LogP contribution in [0.5, 0.6) is 11.5 Å². The molecule has 0 radical (unpaired) electrons. The largest absolute Gasteiger partial charge is 0.493 e. The van der Waals surface area contributed by atoms with Crippen LogP contribution in [-0.2, 0) is 10.0 Å². The van der Waals surface area contributed by atoms with Gasteiger partial charge in [0, 0.05) is 18.7 Å². The summed E-state index contributed by atoms with van der Waals surface area (Å²) in [5.41, 5.74) is -0.134. The molecule has 1 aliphatic heterocycles. The number of methoxy groups -OCH3 is 2. The molecule has 2 rings (SSSR count). The predicted octanol–water partition coefficient (Wildman–Crippen LogP) is 1.93. The van der Waals surface area contributed by atoms with Crippen LogP contribution in [0.4, 0.5) is 4.39 Å². The van der Waals surface area contributed by atoms with Crippen LogP contribution in [0.1, 0.15) is 19.8 Å². The third-order valence-corrected chi connectivity index (χ3v) is 5.64. The number of sulfonamides is 1. The van der Waals surface area contributed by atoms with Crippen molar-refractivity contribution in [3.05, 3.63) is 17.9 Å². The van der Waals surface area contributed by atoms with Crippen LogP contribution in [0, 0.1) is 11.2 Å². The number of nitrogens with one attached hydrogen (secondary N) is 2. The Labute approximate surface area is 148 Å². The van der Waals surface area contributed by atoms with Gasteiger partial charge in [-0.1, -0.05) is 6.92 Å². The molecule has 0 aromatic heterocycles. The number of halogens is 2. The summed E-state index contributed by atoms with van der Waals surface area (Å²) in [7, 11) is -1.23. The third-order valence-electron chi connectivity index (χ3n) is 4.23. The zero-order valence-corrected chi connectivity index (χ0v) is 15.7. The molecule has 138 valence electrons. The Morgan fingerprint density at radius 1 is 1.21 bits per heavy atom. The minimum absolute atomic E-state index is 0. The average molecular weight is 383 g/mol. The van der Waals surface area contributed by atoms with E-state index in [4.69, 9.17) is 9.47 Å². The molecule has 0 bridgehead atoms. The monoisotopic (exact) mass is 382 g/mol. The summed E-state index contributed by atoms with van der Waals surface area (Å²) in [5, 5.41) is 3.24. The lowest BCUT2D eigenvalue weighted by atomic mass is 9.81. The summed E-state index contributed by atoms with van der Waals surface area (Å²) in [6, 6.07) is 2.15. The van der Waals surface area contributed by atoms with Crippen molar-refractivity contribution in [2.45, 2.75) is 24.7 Å². The molecular formula is C15H24ClFN2O4S. The number of benzene rings is 1. The Bertz CT molecular complexity index is 664. The maximum Gasteiger partial charge on any atom is 0.243 e. The quantitative estimate of drug-likeness (QED) is 0.786. The van der Waals surface area contributed by atoms with Crippen molar-refractivity contribution in [3.8, 4) is 11.5 Å². The number of hydrogen-bond donors (Lipinski definition) is 2. The number of rotatable bonds is 6. The summed E-state index contributed by atoms with van der Waals surface area (Å²) >= 11 is 0. The van der Waals surface area contributed by atoms with Crippen molar-refractivity contribution in [2.75, 3.05) is 33.9 Å². The van der Waals surface area contributed by atoms with Gasteiger partial charge >= 0.3 is 0 Å². The maximum atomic E-state index is 14.1. The van der Waals surface area contributed by atoms with Crippen LogP contribution in [0.25, 0.3) is 0 Å². The Balaban J connectivity index is 0.00000288. The van der Waals surface area contributed by atoms with E-state index in [-0.39, 0.29) is 35.9 Å². The van der Waals surface area contributed by atoms with Gasteiger partial charge in [-0.15, -0.1) is 12.4 Å². The molecule has 24 heavy (non-hydrogen) atoms. The second kappa shape index (κ2) is 8.33. The number of hydrogen-bond acceptors (Lipinski definition) is 5. The number of ether oxygens (including phenoxy) is 2. The lowest BCUT2D eigenvalue weighted by Gasteiger charge is -2.34. The minimum atomic E-state index is -3.97. The molecule has 0 atom stereocenters. The Morgan fingerprint density at radius 2 is 1.75 bits per heavy atom. The highest BCUT2D eigenvalue weighted by atomic mass is 35.5. The van der Waals surface area contributed by atoms with E-state index in [0.29, 0.717) is 0 Å². The van der Waals surface area contributed by atoms with Gasteiger partial charge in [-0.25, -0.2) is 17.5 Å². The SMILES string of the molecule is COc1cc(F)c(S(=O)(=O)NCC2(C)CCNCC2)cc1OC.Cl. The normalized spacial score (nSPS) is 17.0. The van der Waals surface area contributed by atoms with Crippen molar-refractivity contribution in [1.29, 1.82) is 0 Å². The smallest absolute Gasteiger partial charge is 0.243 e. The van der Waals surface area contributed by atoms with Gasteiger partial charge in [-0.05, 0) is 31.3 Å². The van der Waals surface area contributed by atoms with E-state index < -0.39 is 20.7 Å². The highest BCUT2D eigenvalue weighted by Crippen LogP contribution is 2.32. The van der Waals surface area contributed by atoms with Gasteiger partial charge < -0.3 is 14.8 Å². The Hall–Kier alpha value is -1.09. The third kappa shape index (κ3) is 4.72. The zero-order chi connectivity index (χ0) is 17.1. The van der Waals surface area contributed by atoms with Crippen molar-refractivity contribution < 1.29 is 22.3 Å². The van der Waals surface area contributed by atoms with Gasteiger partial charge in [0.05, 0.1) is 14.2 Å². The van der Waals surface area contributed by atoms with Gasteiger partial charge in [0.15, 0.2) is 11.5 Å². The molecule has 0 saturated carbocycles. The molecule has 0 unspecified atom stereocenters. The molecule has 1 aromatic rings. The van der Waals surface area contributed by atoms with Crippen LogP contribution >= 0.6 is 12.4 Å². The van der Waals surface area contributed by atoms with E-state index in [9.17, 15) is 12.8 Å². The van der Waals surface area contributed by atoms with E-state index in [0.717, 1.165) is 38.1 Å². The van der Waals surface area contributed by atoms with Gasteiger partial charge in [-0.2, -0.15) is 0 Å². The molecule has 6 nitrogen and oxygen atoms in total. The summed E-state index contributed by atoms with van der Waals surface area (Å²) < 4.78 is 51.6. The van der Waals surface area contributed by atoms with Crippen molar-refractivity contribution in [2.24, 2.45) is 5.41 Å². The van der Waals surface area contributed by atoms with E-state index in [1.54, 1.807) is 0 Å². The highest BCUT2D eigenvalue weighted by Gasteiger charge is 2.30. The van der Waals surface area contributed by atoms with Crippen LogP contribution in [0.2, 0.25) is 0 Å². The Kier molecular flexibility index (Phi) is 7.27. The molecule has 1 saturated heterocycles. The maximum absolute atomic E-state index is 14.1. The van der Waals surface area contributed by atoms with Crippen molar-refractivity contribution >= 4 is 22.4 Å². The minimum Gasteiger partial charge on any atom is -0.493 e. The lowest BCUT2D eigenvalue weighted by molar-refractivity contribution is 0.232. The number of piperidine rings is 1. The second-order valence-electron chi connectivity index (χ2n) is 6.02. The first-order valence-electron chi connectivity index (χ1n) is 7.43. The van der Waals surface area contributed by atoms with Crippen molar-refractivity contribution in [3.63, 3.8) is 0 Å². The van der Waals surface area contributed by atoms with Crippen LogP contribution in [0.3, 0.4) is 0 Å². The van der Waals surface area contributed by atoms with Crippen LogP contribution in [-0.4, -0.2) is 42.3 Å². The topological polar surface area (TPSA) is 76.7 Å². The first kappa shape index (κ1) is 21.0. The molecular weight excluding hydrogens is 359 g/mol. The van der Waals surface area contributed by atoms with Crippen LogP contribution < -0.4 is 19.5 Å². The summed E-state index contributed by atoms with van der Waals surface area (Å²) in [5.74, 6) is -0.553. The fourth-order valence-electron chi connectivity index (χ4n) is 2.60. The van der Waals surface area contributed by atoms with Gasteiger partial charge in [0.25, 0.3) is 0 Å². The van der Waals surface area contributed by atoms with E-state index >= 15 is 0 Å². The predicted molar refractivity (Wildman–Crippen MR) is 92.2 cm³/mol. The molecule has 1 heterocycles. The van der Waals surface area contributed by atoms with Gasteiger partial charge in [-0.3, -0.25) is 0 Å². The highest BCUT2D eigenvalue weighted by molar-refractivity contribution is 7.89. The molecule has 0 aliphatic carbocycles. The van der Waals surface area contributed by atoms with Gasteiger partial charge in [0.2, 0.25) is 10.0 Å². The molecule has 1 aliphatic rings. The van der Waals surface area contributed by atoms with Gasteiger partial charge in [0.1, 0.15) is 10.7 Å². The van der Waals surface area contributed by atoms with E-state index in [2.05, 4.69) is 10.0 Å². The summed E-state index contributed by atoms with van der Waals surface area (Å²) in [6.07, 6.45) is 1.73. The average Bonchev–Trinajstić information content (AvgIpc) is 2.53. The standard InChI is InChI=1S/C15H23FN2O4S.ClH/c1-15(4-6-17-7-5-15)10-18-23(19,20)14-9-13(22-3)12(21-2)8-11(14)16;/h8-9,17-18H,4-7,10H2,1-3H3;1H. The molecule has 0 spiro atoms. The van der Waals surface area contributed by atoms with Crippen molar-refractivity contribution in [1.82, 2.24) is 10.0 Å². The fourth-order valence-corrected chi connectivity index (χ4v) is 3.87. The molecule has 2 N–H and O–H groups in total. The molecule has 1 fully saturated rings. The molecule has 1 aromatic carbocycles. The summed E-state index contributed by atoms with van der Waals surface area (Å²) in [6.45, 7) is 4.00. The zero-order valence-electron chi connectivity index (χ0n) is 14.0. The summed E-state index contributed by atoms with van der Waals surface area (Å²) in [4.78, 5) is -0.437. The first-order chi connectivity index (χ1) is 10.8. The molecule has 9 heteroatoms. The fraction of sp³-hybridized carbons (Fsp3) is 0.600. The van der Waals surface area contributed by atoms with E-state index in [1.807, 2.05) is 6.92 Å². The Morgan fingerprint density at radius 3 is 2.29 bits per heavy atom. The van der Waals surface area contributed by atoms with E-state index in [1.165, 1.54) is 14.2 Å². The second-order valence-corrected chi connectivity index (χ2v) is 7.76. The first-order valence-corrected chi connectivity index (χ1v) is 8.91. The lowest BCUT2D eigenvalue weighted by Crippen LogP contribution is -2.43. The molecule has 0 amide bonds.